The van der Waals surface area contributed by atoms with Crippen LogP contribution in [0.25, 0.3) is 0 Å². The van der Waals surface area contributed by atoms with Crippen molar-refractivity contribution in [3.63, 3.8) is 0 Å². The molecule has 110 valence electrons. The SMILES string of the molecule is COCCN1CCC2CN(C(=O)c3ccco3)CCC21. The van der Waals surface area contributed by atoms with Crippen LogP contribution in [0.15, 0.2) is 22.8 Å². The molecule has 2 unspecified atom stereocenters. The minimum absolute atomic E-state index is 0.0313. The molecule has 2 aliphatic heterocycles. The number of piperidine rings is 1. The first kappa shape index (κ1) is 13.6. The number of methoxy groups -OCH3 is 1. The van der Waals surface area contributed by atoms with Crippen LogP contribution in [-0.4, -0.2) is 61.6 Å². The Balaban J connectivity index is 1.59. The maximum absolute atomic E-state index is 12.3. The molecule has 0 saturated carbocycles. The molecule has 2 aliphatic rings. The van der Waals surface area contributed by atoms with Gasteiger partial charge in [0.2, 0.25) is 0 Å². The van der Waals surface area contributed by atoms with Crippen LogP contribution in [-0.2, 0) is 4.74 Å². The number of fused-ring (bicyclic) bond motifs is 1. The lowest BCUT2D eigenvalue weighted by molar-refractivity contribution is 0.0539. The summed E-state index contributed by atoms with van der Waals surface area (Å²) in [5, 5.41) is 0. The minimum atomic E-state index is 0.0313. The molecule has 3 rings (SSSR count). The van der Waals surface area contributed by atoms with Crippen molar-refractivity contribution in [1.82, 2.24) is 9.80 Å². The molecular formula is C15H22N2O3. The smallest absolute Gasteiger partial charge is 0.289 e. The largest absolute Gasteiger partial charge is 0.459 e. The number of carbonyl (C=O) groups excluding carboxylic acids is 1. The zero-order chi connectivity index (χ0) is 13.9. The van der Waals surface area contributed by atoms with Gasteiger partial charge in [-0.2, -0.15) is 0 Å². The molecule has 2 atom stereocenters. The topological polar surface area (TPSA) is 45.9 Å². The fourth-order valence-electron chi connectivity index (χ4n) is 3.51. The van der Waals surface area contributed by atoms with Gasteiger partial charge in [0, 0.05) is 32.8 Å². The van der Waals surface area contributed by atoms with Gasteiger partial charge in [0.1, 0.15) is 0 Å². The molecule has 0 bridgehead atoms. The van der Waals surface area contributed by atoms with Gasteiger partial charge in [0.25, 0.3) is 5.91 Å². The Kier molecular flexibility index (Phi) is 4.08. The second-order valence-electron chi connectivity index (χ2n) is 5.66. The Hall–Kier alpha value is -1.33. The molecule has 2 saturated heterocycles. The molecule has 0 spiro atoms. The van der Waals surface area contributed by atoms with Crippen LogP contribution in [0, 0.1) is 5.92 Å². The third kappa shape index (κ3) is 2.60. The fourth-order valence-corrected chi connectivity index (χ4v) is 3.51. The second kappa shape index (κ2) is 5.97. The third-order valence-electron chi connectivity index (χ3n) is 4.55. The third-order valence-corrected chi connectivity index (χ3v) is 4.55. The standard InChI is InChI=1S/C15H22N2O3/c1-19-10-8-16-6-4-12-11-17(7-5-13(12)16)15(18)14-3-2-9-20-14/h2-3,9,12-13H,4-8,10-11H2,1H3. The normalized spacial score (nSPS) is 26.8. The van der Waals surface area contributed by atoms with E-state index in [0.717, 1.165) is 39.2 Å². The summed E-state index contributed by atoms with van der Waals surface area (Å²) in [7, 11) is 1.75. The molecule has 2 fully saturated rings. The number of rotatable bonds is 4. The summed E-state index contributed by atoms with van der Waals surface area (Å²) in [6.45, 7) is 4.60. The average molecular weight is 278 g/mol. The van der Waals surface area contributed by atoms with Gasteiger partial charge in [-0.25, -0.2) is 0 Å². The van der Waals surface area contributed by atoms with E-state index >= 15 is 0 Å². The number of amides is 1. The molecule has 0 aromatic carbocycles. The van der Waals surface area contributed by atoms with Crippen LogP contribution in [0.3, 0.4) is 0 Å². The van der Waals surface area contributed by atoms with Crippen molar-refractivity contribution in [2.75, 3.05) is 39.9 Å². The van der Waals surface area contributed by atoms with Gasteiger partial charge in [-0.05, 0) is 37.4 Å². The Labute approximate surface area is 119 Å². The summed E-state index contributed by atoms with van der Waals surface area (Å²) >= 11 is 0. The van der Waals surface area contributed by atoms with Crippen molar-refractivity contribution in [3.8, 4) is 0 Å². The quantitative estimate of drug-likeness (QED) is 0.836. The monoisotopic (exact) mass is 278 g/mol. The number of nitrogens with zero attached hydrogens (tertiary/aromatic N) is 2. The van der Waals surface area contributed by atoms with Crippen LogP contribution >= 0.6 is 0 Å². The van der Waals surface area contributed by atoms with Crippen molar-refractivity contribution in [2.45, 2.75) is 18.9 Å². The van der Waals surface area contributed by atoms with Gasteiger partial charge in [0.15, 0.2) is 5.76 Å². The van der Waals surface area contributed by atoms with Gasteiger partial charge in [-0.15, -0.1) is 0 Å². The first-order valence-corrected chi connectivity index (χ1v) is 7.35. The highest BCUT2D eigenvalue weighted by Gasteiger charge is 2.39. The van der Waals surface area contributed by atoms with Crippen LogP contribution in [0.4, 0.5) is 0 Å². The van der Waals surface area contributed by atoms with Gasteiger partial charge >= 0.3 is 0 Å². The zero-order valence-corrected chi connectivity index (χ0v) is 12.0. The van der Waals surface area contributed by atoms with E-state index in [1.807, 2.05) is 4.90 Å². The molecule has 1 aromatic rings. The summed E-state index contributed by atoms with van der Waals surface area (Å²) < 4.78 is 10.4. The molecule has 1 aromatic heterocycles. The molecular weight excluding hydrogens is 256 g/mol. The molecule has 0 aliphatic carbocycles. The van der Waals surface area contributed by atoms with E-state index in [1.54, 1.807) is 25.5 Å². The summed E-state index contributed by atoms with van der Waals surface area (Å²) in [5.74, 6) is 1.08. The van der Waals surface area contributed by atoms with Gasteiger partial charge in [0.05, 0.1) is 12.9 Å². The van der Waals surface area contributed by atoms with Crippen molar-refractivity contribution in [2.24, 2.45) is 5.92 Å². The number of hydrogen-bond donors (Lipinski definition) is 0. The number of hydrogen-bond acceptors (Lipinski definition) is 4. The van der Waals surface area contributed by atoms with Gasteiger partial charge < -0.3 is 14.1 Å². The second-order valence-corrected chi connectivity index (χ2v) is 5.66. The molecule has 5 nitrogen and oxygen atoms in total. The molecule has 0 radical (unpaired) electrons. The van der Waals surface area contributed by atoms with Crippen molar-refractivity contribution < 1.29 is 13.9 Å². The summed E-state index contributed by atoms with van der Waals surface area (Å²) in [5.41, 5.74) is 0. The van der Waals surface area contributed by atoms with Gasteiger partial charge in [-0.3, -0.25) is 9.69 Å². The van der Waals surface area contributed by atoms with E-state index in [9.17, 15) is 4.79 Å². The van der Waals surface area contributed by atoms with Crippen molar-refractivity contribution in [1.29, 1.82) is 0 Å². The van der Waals surface area contributed by atoms with Crippen LogP contribution in [0.1, 0.15) is 23.4 Å². The van der Waals surface area contributed by atoms with E-state index in [0.29, 0.717) is 17.7 Å². The summed E-state index contributed by atoms with van der Waals surface area (Å²) in [6, 6.07) is 4.13. The number of likely N-dealkylation sites (tertiary alicyclic amines) is 2. The van der Waals surface area contributed by atoms with E-state index in [2.05, 4.69) is 4.90 Å². The maximum Gasteiger partial charge on any atom is 0.289 e. The zero-order valence-electron chi connectivity index (χ0n) is 12.0. The average Bonchev–Trinajstić information content (AvgIpc) is 3.13. The first-order valence-electron chi connectivity index (χ1n) is 7.35. The first-order chi connectivity index (χ1) is 9.79. The molecule has 5 heteroatoms. The maximum atomic E-state index is 12.3. The predicted octanol–water partition coefficient (Wildman–Crippen LogP) is 1.46. The minimum Gasteiger partial charge on any atom is -0.459 e. The van der Waals surface area contributed by atoms with E-state index in [-0.39, 0.29) is 5.91 Å². The lowest BCUT2D eigenvalue weighted by atomic mass is 9.92. The van der Waals surface area contributed by atoms with Crippen molar-refractivity contribution >= 4 is 5.91 Å². The van der Waals surface area contributed by atoms with Crippen LogP contribution < -0.4 is 0 Å². The van der Waals surface area contributed by atoms with E-state index < -0.39 is 0 Å². The Morgan fingerprint density at radius 1 is 1.45 bits per heavy atom. The molecule has 1 amide bonds. The molecule has 3 heterocycles. The highest BCUT2D eigenvalue weighted by Crippen LogP contribution is 2.31. The highest BCUT2D eigenvalue weighted by molar-refractivity contribution is 5.91. The van der Waals surface area contributed by atoms with E-state index in [4.69, 9.17) is 9.15 Å². The van der Waals surface area contributed by atoms with Crippen LogP contribution in [0.2, 0.25) is 0 Å². The Morgan fingerprint density at radius 3 is 3.10 bits per heavy atom. The predicted molar refractivity (Wildman–Crippen MR) is 74.6 cm³/mol. The summed E-state index contributed by atoms with van der Waals surface area (Å²) in [4.78, 5) is 16.8. The number of ether oxygens (including phenoxy) is 1. The molecule has 20 heavy (non-hydrogen) atoms. The molecule has 0 N–H and O–H groups in total. The lowest BCUT2D eigenvalue weighted by Crippen LogP contribution is -2.48. The Morgan fingerprint density at radius 2 is 2.35 bits per heavy atom. The lowest BCUT2D eigenvalue weighted by Gasteiger charge is -2.37. The number of carbonyl (C=O) groups is 1. The van der Waals surface area contributed by atoms with Gasteiger partial charge in [-0.1, -0.05) is 0 Å². The van der Waals surface area contributed by atoms with Crippen molar-refractivity contribution in [3.05, 3.63) is 24.2 Å². The fraction of sp³-hybridized carbons (Fsp3) is 0.667. The summed E-state index contributed by atoms with van der Waals surface area (Å²) in [6.07, 6.45) is 3.79. The van der Waals surface area contributed by atoms with E-state index in [1.165, 1.54) is 6.42 Å². The highest BCUT2D eigenvalue weighted by atomic mass is 16.5. The van der Waals surface area contributed by atoms with Crippen LogP contribution in [0.5, 0.6) is 0 Å². The number of furan rings is 1. The Bertz CT molecular complexity index is 446.